The van der Waals surface area contributed by atoms with Crippen LogP contribution in [0, 0.1) is 0 Å². The summed E-state index contributed by atoms with van der Waals surface area (Å²) in [6.07, 6.45) is 0. The first-order chi connectivity index (χ1) is 3.46. The van der Waals surface area contributed by atoms with Crippen molar-refractivity contribution in [2.75, 3.05) is 0 Å². The Labute approximate surface area is 166 Å². The molecule has 0 heterocycles. The van der Waals surface area contributed by atoms with Crippen molar-refractivity contribution in [3.05, 3.63) is 0 Å². The smallest absolute Gasteiger partial charge is 0.672 e. The van der Waals surface area contributed by atoms with Crippen LogP contribution in [0.1, 0.15) is 0 Å². The van der Waals surface area contributed by atoms with Gasteiger partial charge in [0.1, 0.15) is 0 Å². The average Bonchev–Trinajstić information content (AvgIpc) is 1.25. The molecular weight excluding hydrogens is 270 g/mol. The van der Waals surface area contributed by atoms with Gasteiger partial charge in [0.05, 0.1) is 0 Å². The van der Waals surface area contributed by atoms with Gasteiger partial charge in [-0.1, -0.05) is 0 Å². The minimum Gasteiger partial charge on any atom is -0.672 e. The van der Waals surface area contributed by atoms with Crippen molar-refractivity contribution < 1.29 is 115 Å². The molecule has 0 saturated carbocycles. The maximum atomic E-state index is 8.52. The summed E-state index contributed by atoms with van der Waals surface area (Å²) in [6.45, 7) is 0. The number of hydrogen-bond acceptors (Lipinski definition) is 6. The fourth-order valence-electron chi connectivity index (χ4n) is 0. The second-order valence-corrected chi connectivity index (χ2v) is 1.50. The Hall–Kier alpha value is 3.09. The van der Waals surface area contributed by atoms with Crippen LogP contribution in [0.15, 0.2) is 0 Å². The molecule has 0 aromatic heterocycles. The molecule has 12 heteroatoms. The molecule has 12 heavy (non-hydrogen) atoms. The second-order valence-electron chi connectivity index (χ2n) is 0.500. The second kappa shape index (κ2) is 29.2. The molecule has 2 N–H and O–H groups in total. The topological polar surface area (TPSA) is 158 Å². The van der Waals surface area contributed by atoms with Crippen molar-refractivity contribution >= 4 is 56.1 Å². The third-order valence-electron chi connectivity index (χ3n) is 0. The average molecular weight is 272 g/mol. The van der Waals surface area contributed by atoms with Crippen molar-refractivity contribution in [3.8, 4) is 0 Å². The van der Waals surface area contributed by atoms with Crippen molar-refractivity contribution in [3.63, 3.8) is 0 Å². The van der Waals surface area contributed by atoms with Crippen molar-refractivity contribution in [2.45, 2.75) is 0 Å². The van der Waals surface area contributed by atoms with Crippen LogP contribution in [0.4, 0.5) is 0 Å². The molecule has 0 saturated heterocycles. The molecule has 0 aliphatic carbocycles. The Morgan fingerprint density at radius 1 is 0.833 bits per heavy atom. The predicted molar refractivity (Wildman–Crippen MR) is 22.2 cm³/mol. The summed E-state index contributed by atoms with van der Waals surface area (Å²) in [5.41, 5.74) is 0. The molecule has 0 amide bonds. The summed E-state index contributed by atoms with van der Waals surface area (Å²) in [6, 6.07) is 0. The van der Waals surface area contributed by atoms with E-state index in [-0.39, 0.29) is 124 Å². The van der Waals surface area contributed by atoms with Gasteiger partial charge in [0.15, 0.2) is 0 Å². The quantitative estimate of drug-likeness (QED) is 0.398. The molecule has 0 aliphatic rings. The van der Waals surface area contributed by atoms with Gasteiger partial charge in [-0.3, -0.25) is 0 Å². The molecule has 0 fully saturated rings. The molecule has 0 rings (SSSR count). The number of hydrogen-bond donors (Lipinski definition) is 0. The summed E-state index contributed by atoms with van der Waals surface area (Å²) in [7, 11) is -7.26. The van der Waals surface area contributed by atoms with Gasteiger partial charge in [0.25, 0.3) is 0 Å². The summed E-state index contributed by atoms with van der Waals surface area (Å²) in [5.74, 6) is 0. The normalized spacial score (nSPS) is 4.00. The van der Waals surface area contributed by atoms with Crippen LogP contribution in [0.3, 0.4) is 0 Å². The number of rotatable bonds is 0. The molecular formula is H2CaKNaO7Si2. The van der Waals surface area contributed by atoms with Gasteiger partial charge < -0.3 is 33.6 Å². The van der Waals surface area contributed by atoms with Crippen molar-refractivity contribution in [2.24, 2.45) is 0 Å². The third kappa shape index (κ3) is 200. The molecule has 0 aromatic carbocycles. The Balaban J connectivity index is -0.0000000112. The fourth-order valence-corrected chi connectivity index (χ4v) is 0. The van der Waals surface area contributed by atoms with Gasteiger partial charge in [-0.15, -0.1) is 0 Å². The molecule has 7 nitrogen and oxygen atoms in total. The SMILES string of the molecule is O.O=[Si]([O-])[O-].O=[Si]([O-])[O-].[Ca+2].[K+].[Na+]. The minimum absolute atomic E-state index is 0. The van der Waals surface area contributed by atoms with Crippen molar-refractivity contribution in [1.82, 2.24) is 0 Å². The summed E-state index contributed by atoms with van der Waals surface area (Å²) in [5, 5.41) is 0. The van der Waals surface area contributed by atoms with Gasteiger partial charge in [-0.25, -0.2) is 0 Å². The van der Waals surface area contributed by atoms with Crippen LogP contribution in [0.5, 0.6) is 0 Å². The van der Waals surface area contributed by atoms with Crippen LogP contribution in [-0.4, -0.2) is 61.6 Å². The zero-order valence-electron chi connectivity index (χ0n) is 6.66. The van der Waals surface area contributed by atoms with Crippen LogP contribution in [0.2, 0.25) is 0 Å². The largest absolute Gasteiger partial charge is 2.00 e. The molecule has 0 aliphatic heterocycles. The van der Waals surface area contributed by atoms with Gasteiger partial charge in [-0.2, -0.15) is 0 Å². The molecule has 0 unspecified atom stereocenters. The monoisotopic (exact) mass is 272 g/mol. The van der Waals surface area contributed by atoms with E-state index in [4.69, 9.17) is 28.1 Å². The maximum absolute atomic E-state index is 8.52. The Morgan fingerprint density at radius 3 is 0.833 bits per heavy atom. The van der Waals surface area contributed by atoms with Crippen LogP contribution in [0.25, 0.3) is 0 Å². The predicted octanol–water partition coefficient (Wildman–Crippen LogP) is -13.0. The van der Waals surface area contributed by atoms with Crippen LogP contribution >= 0.6 is 0 Å². The van der Waals surface area contributed by atoms with Gasteiger partial charge in [0.2, 0.25) is 0 Å². The van der Waals surface area contributed by atoms with E-state index in [1.54, 1.807) is 0 Å². The zero-order chi connectivity index (χ0) is 7.15. The summed E-state index contributed by atoms with van der Waals surface area (Å²) >= 11 is 0. The Bertz CT molecular complexity index is 79.4. The minimum atomic E-state index is -3.63. The zero-order valence-corrected chi connectivity index (χ0v) is 16.0. The fraction of sp³-hybridized carbons (Fsp3) is 0. The Morgan fingerprint density at radius 2 is 0.833 bits per heavy atom. The van der Waals surface area contributed by atoms with Crippen LogP contribution < -0.4 is 100 Å². The maximum Gasteiger partial charge on any atom is 2.00 e. The van der Waals surface area contributed by atoms with E-state index in [1.807, 2.05) is 0 Å². The van der Waals surface area contributed by atoms with E-state index in [0.29, 0.717) is 0 Å². The van der Waals surface area contributed by atoms with Crippen molar-refractivity contribution in [1.29, 1.82) is 0 Å². The molecule has 0 radical (unpaired) electrons. The molecule has 0 bridgehead atoms. The van der Waals surface area contributed by atoms with E-state index < -0.39 is 18.3 Å². The summed E-state index contributed by atoms with van der Waals surface area (Å²) in [4.78, 5) is 34.1. The first-order valence-corrected chi connectivity index (χ1v) is 3.67. The van der Waals surface area contributed by atoms with Crippen LogP contribution in [-0.2, 0) is 8.92 Å². The molecule has 56 valence electrons. The summed E-state index contributed by atoms with van der Waals surface area (Å²) < 4.78 is 17.0. The standard InChI is InChI=1S/Ca.K.Na.2O3Si.H2O/c;;;2*1-4(2)3;/h;;;;;1H2/q+2;2*+1;2*-2;. The van der Waals surface area contributed by atoms with E-state index in [1.165, 1.54) is 0 Å². The van der Waals surface area contributed by atoms with Gasteiger partial charge in [-0.05, 0) is 0 Å². The van der Waals surface area contributed by atoms with E-state index in [9.17, 15) is 0 Å². The third-order valence-corrected chi connectivity index (χ3v) is 0. The van der Waals surface area contributed by atoms with E-state index >= 15 is 0 Å². The van der Waals surface area contributed by atoms with E-state index in [0.717, 1.165) is 0 Å². The first-order valence-electron chi connectivity index (χ1n) is 1.22. The van der Waals surface area contributed by atoms with Gasteiger partial charge >= 0.3 is 119 Å². The van der Waals surface area contributed by atoms with E-state index in [2.05, 4.69) is 0 Å². The molecule has 0 atom stereocenters. The van der Waals surface area contributed by atoms with Gasteiger partial charge in [0, 0.05) is 18.3 Å². The molecule has 0 spiro atoms. The first kappa shape index (κ1) is 36.3. The molecule has 0 aromatic rings. The Kier molecular flexibility index (Phi) is 88.3.